The van der Waals surface area contributed by atoms with Crippen molar-refractivity contribution in [3.8, 4) is 5.75 Å². The Morgan fingerprint density at radius 3 is 2.89 bits per heavy atom. The van der Waals surface area contributed by atoms with E-state index in [1.807, 2.05) is 48.6 Å². The predicted molar refractivity (Wildman–Crippen MR) is 75.1 cm³/mol. The smallest absolute Gasteiger partial charge is 0.140 e. The second-order valence-corrected chi connectivity index (χ2v) is 5.06. The molecule has 0 saturated carbocycles. The first-order valence-corrected chi connectivity index (χ1v) is 6.60. The monoisotopic (exact) mass is 263 g/mol. The van der Waals surface area contributed by atoms with E-state index in [0.29, 0.717) is 13.2 Å². The van der Waals surface area contributed by atoms with Gasteiger partial charge in [-0.2, -0.15) is 0 Å². The lowest BCUT2D eigenvalue weighted by molar-refractivity contribution is 0.305. The van der Waals surface area contributed by atoms with E-state index in [0.717, 1.165) is 22.1 Å². The van der Waals surface area contributed by atoms with Gasteiger partial charge >= 0.3 is 0 Å². The molecular formula is C13H17N3OS. The fraction of sp³-hybridized carbons (Fsp3) is 0.308. The fourth-order valence-corrected chi connectivity index (χ4v) is 2.22. The van der Waals surface area contributed by atoms with Gasteiger partial charge in [0.2, 0.25) is 0 Å². The minimum absolute atomic E-state index is 0.479. The van der Waals surface area contributed by atoms with Gasteiger partial charge < -0.3 is 15.4 Å². The number of rotatable bonds is 5. The molecule has 2 rings (SSSR count). The molecular weight excluding hydrogens is 246 g/mol. The molecule has 0 aliphatic carbocycles. The van der Waals surface area contributed by atoms with E-state index in [-0.39, 0.29) is 0 Å². The van der Waals surface area contributed by atoms with Crippen LogP contribution in [0.1, 0.15) is 10.7 Å². The van der Waals surface area contributed by atoms with Crippen molar-refractivity contribution in [2.75, 3.05) is 19.0 Å². The van der Waals surface area contributed by atoms with Crippen molar-refractivity contribution in [1.82, 2.24) is 4.98 Å². The molecule has 0 fully saturated rings. The maximum Gasteiger partial charge on any atom is 0.140 e. The molecule has 1 aromatic carbocycles. The summed E-state index contributed by atoms with van der Waals surface area (Å²) >= 11 is 1.58. The Labute approximate surface area is 111 Å². The van der Waals surface area contributed by atoms with Crippen molar-refractivity contribution in [2.24, 2.45) is 5.73 Å². The van der Waals surface area contributed by atoms with Crippen LogP contribution < -0.4 is 15.4 Å². The average Bonchev–Trinajstić information content (AvgIpc) is 2.84. The SMILES string of the molecule is CN(C)c1cccc(OCc2nc(CN)cs2)c1. The van der Waals surface area contributed by atoms with E-state index in [9.17, 15) is 0 Å². The number of hydrogen-bond acceptors (Lipinski definition) is 5. The van der Waals surface area contributed by atoms with Crippen molar-refractivity contribution < 1.29 is 4.74 Å². The molecule has 0 unspecified atom stereocenters. The van der Waals surface area contributed by atoms with Gasteiger partial charge in [0.1, 0.15) is 17.4 Å². The van der Waals surface area contributed by atoms with Gasteiger partial charge in [0.25, 0.3) is 0 Å². The Bertz CT molecular complexity index is 510. The molecule has 96 valence electrons. The van der Waals surface area contributed by atoms with Gasteiger partial charge in [-0.15, -0.1) is 11.3 Å². The number of benzene rings is 1. The average molecular weight is 263 g/mol. The summed E-state index contributed by atoms with van der Waals surface area (Å²) in [5.41, 5.74) is 7.56. The molecule has 2 N–H and O–H groups in total. The van der Waals surface area contributed by atoms with Gasteiger partial charge in [-0.05, 0) is 12.1 Å². The second-order valence-electron chi connectivity index (χ2n) is 4.12. The Kier molecular flexibility index (Phi) is 4.17. The molecule has 0 bridgehead atoms. The van der Waals surface area contributed by atoms with Crippen LogP contribution in [0.15, 0.2) is 29.6 Å². The lowest BCUT2D eigenvalue weighted by atomic mass is 10.3. The summed E-state index contributed by atoms with van der Waals surface area (Å²) in [5.74, 6) is 0.852. The molecule has 0 radical (unpaired) electrons. The van der Waals surface area contributed by atoms with Gasteiger partial charge in [-0.3, -0.25) is 0 Å². The van der Waals surface area contributed by atoms with Crippen LogP contribution in [0.25, 0.3) is 0 Å². The minimum Gasteiger partial charge on any atom is -0.486 e. The Balaban J connectivity index is 1.99. The number of nitrogens with zero attached hydrogens (tertiary/aromatic N) is 2. The van der Waals surface area contributed by atoms with Crippen molar-refractivity contribution >= 4 is 17.0 Å². The Morgan fingerprint density at radius 2 is 2.22 bits per heavy atom. The van der Waals surface area contributed by atoms with E-state index >= 15 is 0 Å². The van der Waals surface area contributed by atoms with Crippen molar-refractivity contribution in [3.63, 3.8) is 0 Å². The zero-order chi connectivity index (χ0) is 13.0. The minimum atomic E-state index is 0.479. The normalized spacial score (nSPS) is 10.4. The molecule has 0 aliphatic heterocycles. The third-order valence-electron chi connectivity index (χ3n) is 2.50. The van der Waals surface area contributed by atoms with Gasteiger partial charge in [-0.25, -0.2) is 4.98 Å². The predicted octanol–water partition coefficient (Wildman–Crippen LogP) is 2.25. The largest absolute Gasteiger partial charge is 0.486 e. The molecule has 0 amide bonds. The van der Waals surface area contributed by atoms with Gasteiger partial charge in [-0.1, -0.05) is 6.07 Å². The number of hydrogen-bond donors (Lipinski definition) is 1. The number of aromatic nitrogens is 1. The molecule has 2 aromatic rings. The first kappa shape index (κ1) is 12.9. The third kappa shape index (κ3) is 3.21. The van der Waals surface area contributed by atoms with Crippen LogP contribution in [-0.2, 0) is 13.2 Å². The van der Waals surface area contributed by atoms with Crippen molar-refractivity contribution in [1.29, 1.82) is 0 Å². The number of anilines is 1. The molecule has 5 heteroatoms. The highest BCUT2D eigenvalue weighted by Crippen LogP contribution is 2.21. The first-order chi connectivity index (χ1) is 8.69. The van der Waals surface area contributed by atoms with Crippen LogP contribution in [0.4, 0.5) is 5.69 Å². The third-order valence-corrected chi connectivity index (χ3v) is 3.38. The molecule has 4 nitrogen and oxygen atoms in total. The van der Waals surface area contributed by atoms with E-state index in [1.54, 1.807) is 11.3 Å². The van der Waals surface area contributed by atoms with Crippen LogP contribution in [0.3, 0.4) is 0 Å². The number of thiazole rings is 1. The van der Waals surface area contributed by atoms with Crippen LogP contribution in [0.2, 0.25) is 0 Å². The van der Waals surface area contributed by atoms with Crippen molar-refractivity contribution in [3.05, 3.63) is 40.3 Å². The summed E-state index contributed by atoms with van der Waals surface area (Å²) in [6, 6.07) is 7.99. The molecule has 18 heavy (non-hydrogen) atoms. The summed E-state index contributed by atoms with van der Waals surface area (Å²) < 4.78 is 5.72. The zero-order valence-electron chi connectivity index (χ0n) is 10.6. The lowest BCUT2D eigenvalue weighted by Crippen LogP contribution is -2.08. The van der Waals surface area contributed by atoms with Crippen LogP contribution in [0, 0.1) is 0 Å². The highest BCUT2D eigenvalue weighted by Gasteiger charge is 2.03. The number of ether oxygens (including phenoxy) is 1. The molecule has 0 aliphatic rings. The molecule has 0 atom stereocenters. The summed E-state index contributed by atoms with van der Waals surface area (Å²) in [7, 11) is 4.01. The molecule has 0 saturated heterocycles. The molecule has 1 heterocycles. The van der Waals surface area contributed by atoms with Gasteiger partial charge in [0.15, 0.2) is 0 Å². The summed E-state index contributed by atoms with van der Waals surface area (Å²) in [6.07, 6.45) is 0. The van der Waals surface area contributed by atoms with E-state index < -0.39 is 0 Å². The van der Waals surface area contributed by atoms with E-state index in [1.165, 1.54) is 0 Å². The Morgan fingerprint density at radius 1 is 1.39 bits per heavy atom. The summed E-state index contributed by atoms with van der Waals surface area (Å²) in [4.78, 5) is 6.40. The standard InChI is InChI=1S/C13H17N3OS/c1-16(2)11-4-3-5-12(6-11)17-8-13-15-10(7-14)9-18-13/h3-6,9H,7-8,14H2,1-2H3. The fourth-order valence-electron chi connectivity index (χ4n) is 1.51. The Hall–Kier alpha value is -1.59. The van der Waals surface area contributed by atoms with Crippen LogP contribution >= 0.6 is 11.3 Å². The molecule has 1 aromatic heterocycles. The highest BCUT2D eigenvalue weighted by molar-refractivity contribution is 7.09. The summed E-state index contributed by atoms with van der Waals surface area (Å²) in [6.45, 7) is 0.966. The quantitative estimate of drug-likeness (QED) is 0.899. The highest BCUT2D eigenvalue weighted by atomic mass is 32.1. The van der Waals surface area contributed by atoms with E-state index in [2.05, 4.69) is 4.98 Å². The van der Waals surface area contributed by atoms with Crippen LogP contribution in [0.5, 0.6) is 5.75 Å². The maximum absolute atomic E-state index is 5.72. The lowest BCUT2D eigenvalue weighted by Gasteiger charge is -2.13. The van der Waals surface area contributed by atoms with E-state index in [4.69, 9.17) is 10.5 Å². The van der Waals surface area contributed by atoms with Gasteiger partial charge in [0.05, 0.1) is 5.69 Å². The first-order valence-electron chi connectivity index (χ1n) is 5.72. The zero-order valence-corrected chi connectivity index (χ0v) is 11.4. The number of nitrogens with two attached hydrogens (primary N) is 1. The maximum atomic E-state index is 5.72. The summed E-state index contributed by atoms with van der Waals surface area (Å²) in [5, 5.41) is 2.92. The second kappa shape index (κ2) is 5.84. The van der Waals surface area contributed by atoms with Gasteiger partial charge in [0, 0.05) is 37.8 Å². The van der Waals surface area contributed by atoms with Crippen molar-refractivity contribution in [2.45, 2.75) is 13.2 Å². The molecule has 0 spiro atoms. The topological polar surface area (TPSA) is 51.4 Å². The van der Waals surface area contributed by atoms with Crippen LogP contribution in [-0.4, -0.2) is 19.1 Å².